The number of nitro benzene ring substituents is 1. The molecule has 0 saturated carbocycles. The Morgan fingerprint density at radius 2 is 2.17 bits per heavy atom. The Labute approximate surface area is 103 Å². The molecule has 0 amide bonds. The van der Waals surface area contributed by atoms with Gasteiger partial charge in [0.15, 0.2) is 0 Å². The molecule has 0 radical (unpaired) electrons. The van der Waals surface area contributed by atoms with Crippen LogP contribution in [0.1, 0.15) is 18.1 Å². The minimum absolute atomic E-state index is 0.200. The molecule has 3 N–H and O–H groups in total. The van der Waals surface area contributed by atoms with Crippen LogP contribution in [-0.2, 0) is 0 Å². The van der Waals surface area contributed by atoms with Gasteiger partial charge in [0.1, 0.15) is 11.9 Å². The van der Waals surface area contributed by atoms with E-state index in [1.165, 1.54) is 0 Å². The van der Waals surface area contributed by atoms with E-state index in [1.807, 2.05) is 0 Å². The fraction of sp³-hybridized carbons (Fsp3) is 0.455. The Hall–Kier alpha value is -1.57. The first kappa shape index (κ1) is 14.5. The molecule has 1 rings (SSSR count). The summed E-state index contributed by atoms with van der Waals surface area (Å²) in [5.74, 6) is -0.699. The fourth-order valence-corrected chi connectivity index (χ4v) is 1.59. The van der Waals surface area contributed by atoms with Crippen LogP contribution in [0.3, 0.4) is 0 Å². The topological polar surface area (TPSA) is 95.6 Å². The van der Waals surface area contributed by atoms with E-state index in [0.717, 1.165) is 18.2 Å². The zero-order valence-electron chi connectivity index (χ0n) is 9.84. The van der Waals surface area contributed by atoms with Gasteiger partial charge in [-0.3, -0.25) is 10.1 Å². The van der Waals surface area contributed by atoms with Crippen LogP contribution >= 0.6 is 0 Å². The highest BCUT2D eigenvalue weighted by atomic mass is 19.1. The van der Waals surface area contributed by atoms with E-state index in [0.29, 0.717) is 6.54 Å². The zero-order valence-corrected chi connectivity index (χ0v) is 9.84. The second-order valence-corrected chi connectivity index (χ2v) is 3.86. The van der Waals surface area contributed by atoms with Crippen molar-refractivity contribution >= 4 is 5.69 Å². The Bertz CT molecular complexity index is 428. The van der Waals surface area contributed by atoms with Gasteiger partial charge in [0, 0.05) is 6.07 Å². The quantitative estimate of drug-likeness (QED) is 0.516. The number of hydrogen-bond acceptors (Lipinski definition) is 5. The van der Waals surface area contributed by atoms with Gasteiger partial charge in [-0.05, 0) is 32.1 Å². The van der Waals surface area contributed by atoms with Crippen molar-refractivity contribution in [2.45, 2.75) is 18.6 Å². The van der Waals surface area contributed by atoms with E-state index in [2.05, 4.69) is 5.32 Å². The van der Waals surface area contributed by atoms with Gasteiger partial charge in [-0.15, -0.1) is 0 Å². The van der Waals surface area contributed by atoms with Gasteiger partial charge in [0.2, 0.25) is 0 Å². The van der Waals surface area contributed by atoms with Crippen LogP contribution in [0, 0.1) is 15.9 Å². The summed E-state index contributed by atoms with van der Waals surface area (Å²) in [6.07, 6.45) is -2.49. The molecule has 1 aromatic carbocycles. The molecular formula is C11H15FN2O4. The first-order chi connectivity index (χ1) is 8.47. The summed E-state index contributed by atoms with van der Waals surface area (Å²) in [6, 6.07) is 2.78. The number of benzene rings is 1. The number of rotatable bonds is 6. The van der Waals surface area contributed by atoms with Gasteiger partial charge in [0.05, 0.1) is 16.6 Å². The molecule has 0 spiro atoms. The molecule has 2 unspecified atom stereocenters. The third-order valence-electron chi connectivity index (χ3n) is 2.56. The van der Waals surface area contributed by atoms with Crippen LogP contribution in [0.5, 0.6) is 0 Å². The van der Waals surface area contributed by atoms with Crippen LogP contribution in [0.4, 0.5) is 10.1 Å². The molecule has 0 aromatic heterocycles. The van der Waals surface area contributed by atoms with Crippen molar-refractivity contribution in [3.63, 3.8) is 0 Å². The molecule has 7 heteroatoms. The van der Waals surface area contributed by atoms with E-state index in [4.69, 9.17) is 0 Å². The predicted molar refractivity (Wildman–Crippen MR) is 62.6 cm³/mol. The maximum atomic E-state index is 13.1. The van der Waals surface area contributed by atoms with Crippen molar-refractivity contribution in [3.8, 4) is 0 Å². The third kappa shape index (κ3) is 3.46. The smallest absolute Gasteiger partial charge is 0.275 e. The number of aliphatic hydroxyl groups is 2. The van der Waals surface area contributed by atoms with Crippen LogP contribution in [-0.4, -0.2) is 34.8 Å². The lowest BCUT2D eigenvalue weighted by Crippen LogP contribution is -2.24. The number of aliphatic hydroxyl groups excluding tert-OH is 2. The van der Waals surface area contributed by atoms with Crippen molar-refractivity contribution in [3.05, 3.63) is 39.7 Å². The second kappa shape index (κ2) is 6.39. The molecule has 0 aliphatic heterocycles. The average molecular weight is 258 g/mol. The molecule has 2 atom stereocenters. The van der Waals surface area contributed by atoms with Gasteiger partial charge in [-0.1, -0.05) is 0 Å². The molecule has 0 bridgehead atoms. The molecule has 0 aliphatic rings. The Kier molecular flexibility index (Phi) is 5.14. The lowest BCUT2D eigenvalue weighted by Gasteiger charge is -2.18. The minimum atomic E-state index is -1.49. The number of halogens is 1. The summed E-state index contributed by atoms with van der Waals surface area (Å²) >= 11 is 0. The largest absolute Gasteiger partial charge is 0.390 e. The maximum Gasteiger partial charge on any atom is 0.275 e. The van der Waals surface area contributed by atoms with Crippen molar-refractivity contribution < 1.29 is 19.5 Å². The van der Waals surface area contributed by atoms with E-state index in [-0.39, 0.29) is 12.0 Å². The van der Waals surface area contributed by atoms with E-state index >= 15 is 0 Å². The summed E-state index contributed by atoms with van der Waals surface area (Å²) in [6.45, 7) is 0.432. The standard InChI is InChI=1S/C11H15FN2O4/c1-13-5-4-10(15)11(16)8-6-7(12)2-3-9(8)14(17)18/h2-3,6,10-11,13,15-16H,4-5H2,1H3. The molecule has 0 heterocycles. The molecule has 0 fully saturated rings. The third-order valence-corrected chi connectivity index (χ3v) is 2.56. The maximum absolute atomic E-state index is 13.1. The number of nitro groups is 1. The lowest BCUT2D eigenvalue weighted by atomic mass is 10.0. The van der Waals surface area contributed by atoms with Crippen molar-refractivity contribution in [1.82, 2.24) is 5.32 Å². The normalized spacial score (nSPS) is 14.2. The Morgan fingerprint density at radius 1 is 1.50 bits per heavy atom. The molecule has 1 aromatic rings. The lowest BCUT2D eigenvalue weighted by molar-refractivity contribution is -0.386. The van der Waals surface area contributed by atoms with Crippen molar-refractivity contribution in [2.75, 3.05) is 13.6 Å². The molecular weight excluding hydrogens is 243 g/mol. The monoisotopic (exact) mass is 258 g/mol. The number of nitrogens with one attached hydrogen (secondary N) is 1. The molecule has 100 valence electrons. The van der Waals surface area contributed by atoms with Crippen LogP contribution in [0.25, 0.3) is 0 Å². The van der Waals surface area contributed by atoms with Crippen LogP contribution in [0.2, 0.25) is 0 Å². The van der Waals surface area contributed by atoms with E-state index in [1.54, 1.807) is 7.05 Å². The summed E-state index contributed by atoms with van der Waals surface area (Å²) in [5.41, 5.74) is -0.629. The first-order valence-corrected chi connectivity index (χ1v) is 5.42. The van der Waals surface area contributed by atoms with Crippen molar-refractivity contribution in [2.24, 2.45) is 0 Å². The minimum Gasteiger partial charge on any atom is -0.390 e. The van der Waals surface area contributed by atoms with E-state index < -0.39 is 28.6 Å². The number of hydrogen-bond donors (Lipinski definition) is 3. The van der Waals surface area contributed by atoms with Crippen molar-refractivity contribution in [1.29, 1.82) is 0 Å². The summed E-state index contributed by atoms with van der Waals surface area (Å²) in [5, 5.41) is 33.0. The SMILES string of the molecule is CNCCC(O)C(O)c1cc(F)ccc1[N+](=O)[O-]. The summed E-state index contributed by atoms with van der Waals surface area (Å²) < 4.78 is 13.1. The van der Waals surface area contributed by atoms with Crippen LogP contribution in [0.15, 0.2) is 18.2 Å². The Morgan fingerprint density at radius 3 is 2.72 bits per heavy atom. The highest BCUT2D eigenvalue weighted by molar-refractivity contribution is 5.42. The highest BCUT2D eigenvalue weighted by Crippen LogP contribution is 2.28. The zero-order chi connectivity index (χ0) is 13.7. The fourth-order valence-electron chi connectivity index (χ4n) is 1.59. The highest BCUT2D eigenvalue weighted by Gasteiger charge is 2.26. The van der Waals surface area contributed by atoms with E-state index in [9.17, 15) is 24.7 Å². The predicted octanol–water partition coefficient (Wildman–Crippen LogP) is 0.738. The average Bonchev–Trinajstić information content (AvgIpc) is 2.34. The first-order valence-electron chi connectivity index (χ1n) is 5.42. The second-order valence-electron chi connectivity index (χ2n) is 3.86. The summed E-state index contributed by atoms with van der Waals surface area (Å²) in [4.78, 5) is 10.0. The van der Waals surface area contributed by atoms with Gasteiger partial charge in [-0.25, -0.2) is 4.39 Å². The number of nitrogens with zero attached hydrogens (tertiary/aromatic N) is 1. The van der Waals surface area contributed by atoms with Gasteiger partial charge in [-0.2, -0.15) is 0 Å². The Balaban J connectivity index is 2.99. The molecule has 0 saturated heterocycles. The van der Waals surface area contributed by atoms with Gasteiger partial charge >= 0.3 is 0 Å². The van der Waals surface area contributed by atoms with Crippen LogP contribution < -0.4 is 5.32 Å². The molecule has 6 nitrogen and oxygen atoms in total. The molecule has 0 aliphatic carbocycles. The molecule has 18 heavy (non-hydrogen) atoms. The summed E-state index contributed by atoms with van der Waals surface area (Å²) in [7, 11) is 1.67. The van der Waals surface area contributed by atoms with Gasteiger partial charge < -0.3 is 15.5 Å². The van der Waals surface area contributed by atoms with Gasteiger partial charge in [0.25, 0.3) is 5.69 Å².